The second-order valence-electron chi connectivity index (χ2n) is 18.9. The zero-order valence-corrected chi connectivity index (χ0v) is 38.6. The van der Waals surface area contributed by atoms with Gasteiger partial charge in [0.25, 0.3) is 0 Å². The van der Waals surface area contributed by atoms with Crippen LogP contribution in [0.1, 0.15) is 149 Å². The quantitative estimate of drug-likeness (QED) is 0.138. The Kier molecular flexibility index (Phi) is 11.1. The zero-order chi connectivity index (χ0) is 44.2. The van der Waals surface area contributed by atoms with Crippen molar-refractivity contribution in [3.05, 3.63) is 214 Å². The van der Waals surface area contributed by atoms with Gasteiger partial charge in [-0.25, -0.2) is 9.99 Å². The number of para-hydroxylation sites is 3. The van der Waals surface area contributed by atoms with Gasteiger partial charge in [-0.1, -0.05) is 197 Å². The van der Waals surface area contributed by atoms with E-state index < -0.39 is 5.41 Å². The fraction of sp³-hybridized carbons (Fsp3) is 0.276. The largest absolute Gasteiger partial charge is 0.275 e. The predicted molar refractivity (Wildman–Crippen MR) is 263 cm³/mol. The summed E-state index contributed by atoms with van der Waals surface area (Å²) in [5.74, 6) is 1.37. The highest BCUT2D eigenvalue weighted by Crippen LogP contribution is 2.56. The molecule has 0 unspecified atom stereocenters. The van der Waals surface area contributed by atoms with Crippen molar-refractivity contribution in [1.82, 2.24) is 14.1 Å². The summed E-state index contributed by atoms with van der Waals surface area (Å²) in [7, 11) is 0. The minimum Gasteiger partial charge on any atom is -0.275 e. The summed E-state index contributed by atoms with van der Waals surface area (Å²) in [6, 6.07) is 55.8. The molecular formula is C58H61N5. The van der Waals surface area contributed by atoms with E-state index >= 15 is 0 Å². The van der Waals surface area contributed by atoms with Gasteiger partial charge in [-0.3, -0.25) is 9.13 Å². The van der Waals surface area contributed by atoms with Gasteiger partial charge in [-0.05, 0) is 104 Å². The molecule has 63 heavy (non-hydrogen) atoms. The van der Waals surface area contributed by atoms with Gasteiger partial charge in [0.1, 0.15) is 0 Å². The summed E-state index contributed by atoms with van der Waals surface area (Å²) in [5, 5.41) is 8.35. The molecule has 6 aromatic carbocycles. The lowest BCUT2D eigenvalue weighted by molar-refractivity contribution is 0.707. The van der Waals surface area contributed by atoms with E-state index in [0.717, 1.165) is 33.8 Å². The molecule has 1 aliphatic heterocycles. The molecule has 0 radical (unpaired) electrons. The molecule has 0 aliphatic carbocycles. The van der Waals surface area contributed by atoms with Crippen LogP contribution in [0.4, 0.5) is 11.4 Å². The second-order valence-corrected chi connectivity index (χ2v) is 18.9. The van der Waals surface area contributed by atoms with Crippen LogP contribution in [0.5, 0.6) is 0 Å². The van der Waals surface area contributed by atoms with Gasteiger partial charge in [0.15, 0.2) is 5.65 Å². The number of nitrogens with zero attached hydrogens (tertiary/aromatic N) is 5. The van der Waals surface area contributed by atoms with Crippen LogP contribution in [0.2, 0.25) is 0 Å². The summed E-state index contributed by atoms with van der Waals surface area (Å²) < 4.78 is 4.85. The molecule has 0 bridgehead atoms. The predicted octanol–water partition coefficient (Wildman–Crippen LogP) is 14.8. The van der Waals surface area contributed by atoms with E-state index in [-0.39, 0.29) is 23.7 Å². The number of pyridine rings is 1. The van der Waals surface area contributed by atoms with Crippen molar-refractivity contribution in [3.63, 3.8) is 0 Å². The Morgan fingerprint density at radius 2 is 0.905 bits per heavy atom. The normalized spacial score (nSPS) is 13.8. The Morgan fingerprint density at radius 3 is 1.38 bits per heavy atom. The van der Waals surface area contributed by atoms with Crippen LogP contribution in [0, 0.1) is 0 Å². The van der Waals surface area contributed by atoms with Crippen LogP contribution in [0.25, 0.3) is 22.5 Å². The molecule has 2 aromatic heterocycles. The highest BCUT2D eigenvalue weighted by Gasteiger charge is 2.46. The van der Waals surface area contributed by atoms with Crippen molar-refractivity contribution < 1.29 is 0 Å². The smallest absolute Gasteiger partial charge is 0.239 e. The highest BCUT2D eigenvalue weighted by atomic mass is 15.5. The van der Waals surface area contributed by atoms with Crippen molar-refractivity contribution >= 4 is 22.5 Å². The fourth-order valence-corrected chi connectivity index (χ4v) is 10.1. The van der Waals surface area contributed by atoms with Crippen molar-refractivity contribution in [2.75, 3.05) is 5.01 Å². The molecule has 0 amide bonds. The van der Waals surface area contributed by atoms with Crippen LogP contribution in [0.15, 0.2) is 163 Å². The second kappa shape index (κ2) is 16.7. The highest BCUT2D eigenvalue weighted by molar-refractivity contribution is 5.83. The van der Waals surface area contributed by atoms with Crippen LogP contribution in [-0.4, -0.2) is 14.1 Å². The minimum absolute atomic E-state index is 0.245. The summed E-state index contributed by atoms with van der Waals surface area (Å²) >= 11 is 0. The SMILES string of the molecule is CC(C)c1cc(C(C)C)c(-n2/c(=N\N3c4ccccc4C(c4ccccc4)(c4ccccc4)c4ccccc43)n(-c3c(C(C)C)cccc3C(C)C)c3ncccc32)c(C(C)C)c1. The Labute approximate surface area is 374 Å². The number of hydrogen-bond donors (Lipinski definition) is 0. The average molecular weight is 828 g/mol. The van der Waals surface area contributed by atoms with Gasteiger partial charge in [0.05, 0.1) is 33.7 Å². The third kappa shape index (κ3) is 6.84. The lowest BCUT2D eigenvalue weighted by Crippen LogP contribution is -2.39. The summed E-state index contributed by atoms with van der Waals surface area (Å²) in [6.45, 7) is 23.1. The molecule has 0 saturated carbocycles. The van der Waals surface area contributed by atoms with Gasteiger partial charge in [0.2, 0.25) is 5.62 Å². The lowest BCUT2D eigenvalue weighted by Gasteiger charge is -2.44. The van der Waals surface area contributed by atoms with Gasteiger partial charge < -0.3 is 0 Å². The zero-order valence-electron chi connectivity index (χ0n) is 38.6. The lowest BCUT2D eigenvalue weighted by atomic mass is 9.63. The topological polar surface area (TPSA) is 38.4 Å². The molecule has 0 spiro atoms. The van der Waals surface area contributed by atoms with Gasteiger partial charge >= 0.3 is 0 Å². The Bertz CT molecular complexity index is 2860. The van der Waals surface area contributed by atoms with E-state index in [4.69, 9.17) is 10.1 Å². The van der Waals surface area contributed by atoms with Crippen LogP contribution in [-0.2, 0) is 5.41 Å². The first-order chi connectivity index (χ1) is 30.4. The van der Waals surface area contributed by atoms with E-state index in [2.05, 4.69) is 235 Å². The molecular weight excluding hydrogens is 767 g/mol. The molecule has 0 N–H and O–H groups in total. The maximum Gasteiger partial charge on any atom is 0.239 e. The molecule has 5 nitrogen and oxygen atoms in total. The number of imidazole rings is 1. The van der Waals surface area contributed by atoms with Crippen molar-refractivity contribution in [2.45, 2.75) is 104 Å². The molecule has 9 rings (SSSR count). The third-order valence-electron chi connectivity index (χ3n) is 13.2. The maximum absolute atomic E-state index is 6.12. The van der Waals surface area contributed by atoms with Crippen LogP contribution >= 0.6 is 0 Å². The maximum atomic E-state index is 6.12. The van der Waals surface area contributed by atoms with E-state index in [1.165, 1.54) is 55.8 Å². The Hall–Kier alpha value is -6.46. The van der Waals surface area contributed by atoms with Crippen molar-refractivity contribution in [1.29, 1.82) is 0 Å². The molecule has 0 atom stereocenters. The number of anilines is 2. The number of rotatable bonds is 10. The van der Waals surface area contributed by atoms with E-state index in [1.807, 2.05) is 6.20 Å². The summed E-state index contributed by atoms with van der Waals surface area (Å²) in [6.07, 6.45) is 1.94. The molecule has 8 aromatic rings. The van der Waals surface area contributed by atoms with E-state index in [0.29, 0.717) is 5.92 Å². The van der Waals surface area contributed by atoms with E-state index in [1.54, 1.807) is 0 Å². The molecule has 5 heteroatoms. The number of fused-ring (bicyclic) bond motifs is 3. The molecule has 0 saturated heterocycles. The number of hydrogen-bond acceptors (Lipinski definition) is 3. The number of aromatic nitrogens is 3. The fourth-order valence-electron chi connectivity index (χ4n) is 10.1. The van der Waals surface area contributed by atoms with Gasteiger partial charge in [0, 0.05) is 6.20 Å². The standard InChI is InChI=1S/C58H61N5/c1-37(2)42-35-47(40(7)8)55(48(36-42)41(9)10)61-53-33-22-34-59-56(53)62(54-45(38(3)4)27-21-28-46(54)39(5)6)57(61)60-63-51-31-19-17-29-49(51)58(43-23-13-11-14-24-43,44-25-15-12-16-26-44)50-30-18-20-32-52(50)63/h11-41H,1-10H3/b60-57+. The first-order valence-corrected chi connectivity index (χ1v) is 23.0. The summed E-state index contributed by atoms with van der Waals surface area (Å²) in [5.41, 5.74) is 17.8. The van der Waals surface area contributed by atoms with Crippen LogP contribution in [0.3, 0.4) is 0 Å². The average Bonchev–Trinajstić information content (AvgIpc) is 3.61. The minimum atomic E-state index is -0.608. The van der Waals surface area contributed by atoms with Gasteiger partial charge in [-0.2, -0.15) is 0 Å². The number of benzene rings is 6. The molecule has 3 heterocycles. The molecule has 1 aliphatic rings. The third-order valence-corrected chi connectivity index (χ3v) is 13.2. The Morgan fingerprint density at radius 1 is 0.444 bits per heavy atom. The van der Waals surface area contributed by atoms with Crippen molar-refractivity contribution in [2.24, 2.45) is 5.10 Å². The van der Waals surface area contributed by atoms with Crippen LogP contribution < -0.4 is 10.6 Å². The van der Waals surface area contributed by atoms with Crippen molar-refractivity contribution in [3.8, 4) is 11.4 Å². The molecule has 0 fully saturated rings. The monoisotopic (exact) mass is 827 g/mol. The van der Waals surface area contributed by atoms with Gasteiger partial charge in [-0.15, -0.1) is 5.10 Å². The first kappa shape index (κ1) is 41.9. The molecule has 318 valence electrons. The Balaban J connectivity index is 1.51. The van der Waals surface area contributed by atoms with E-state index in [9.17, 15) is 0 Å². The first-order valence-electron chi connectivity index (χ1n) is 23.0. The summed E-state index contributed by atoms with van der Waals surface area (Å²) in [4.78, 5) is 5.31.